The van der Waals surface area contributed by atoms with E-state index in [1.165, 1.54) is 42.5 Å². The van der Waals surface area contributed by atoms with Crippen LogP contribution in [0.2, 0.25) is 15.1 Å². The van der Waals surface area contributed by atoms with Crippen LogP contribution in [-0.2, 0) is 20.8 Å². The molecule has 0 spiro atoms. The molecule has 0 saturated heterocycles. The van der Waals surface area contributed by atoms with E-state index in [4.69, 9.17) is 39.9 Å². The molecule has 0 aliphatic heterocycles. The van der Waals surface area contributed by atoms with E-state index in [9.17, 15) is 29.1 Å². The maximum absolute atomic E-state index is 11.3. The normalized spacial score (nSPS) is 9.67. The smallest absolute Gasteiger partial charge is 0.337 e. The first kappa shape index (κ1) is 30.8. The predicted octanol–water partition coefficient (Wildman–Crippen LogP) is 7.17. The number of para-hydroxylation sites is 1. The van der Waals surface area contributed by atoms with Crippen molar-refractivity contribution in [2.24, 2.45) is 15.0 Å². The molecule has 0 fully saturated rings. The lowest BCUT2D eigenvalue weighted by atomic mass is 9.95. The number of isocyanates is 3. The first-order chi connectivity index (χ1) is 18.5. The van der Waals surface area contributed by atoms with E-state index < -0.39 is 11.9 Å². The van der Waals surface area contributed by atoms with Gasteiger partial charge in [0.15, 0.2) is 0 Å². The molecule has 0 aliphatic rings. The minimum absolute atomic E-state index is 0.00651. The maximum atomic E-state index is 11.3. The Balaban J connectivity index is 0.000000322. The van der Waals surface area contributed by atoms with Gasteiger partial charge in [-0.3, -0.25) is 0 Å². The number of aryl methyl sites for hydroxylation is 1. The van der Waals surface area contributed by atoms with Gasteiger partial charge in [-0.25, -0.2) is 24.0 Å². The molecular formula is C26H16Cl3N3O7. The Bertz CT molecular complexity index is 1620. The number of carbonyl (C=O) groups is 2. The molecule has 13 heteroatoms. The Labute approximate surface area is 235 Å². The van der Waals surface area contributed by atoms with Gasteiger partial charge < -0.3 is 10.2 Å². The summed E-state index contributed by atoms with van der Waals surface area (Å²) >= 11 is 18.1. The number of halogens is 3. The lowest BCUT2D eigenvalue weighted by Crippen LogP contribution is -1.99. The van der Waals surface area contributed by atoms with Gasteiger partial charge in [-0.2, -0.15) is 15.0 Å². The molecule has 0 amide bonds. The fourth-order valence-corrected chi connectivity index (χ4v) is 4.17. The fraction of sp³-hybridized carbons (Fsp3) is 0.115. The van der Waals surface area contributed by atoms with Crippen molar-refractivity contribution >= 4 is 82.0 Å². The molecule has 39 heavy (non-hydrogen) atoms. The van der Waals surface area contributed by atoms with Crippen molar-refractivity contribution in [1.29, 1.82) is 0 Å². The standard InChI is InChI=1S/C16H7Cl3N2O4.C10H9NO3/c1-7-8(2-3-9(16(24)25)14(7)20-5-22)10-4-11(17)12(18)13(19)15(10)21-6-23;1-2-7-4-3-5-8(10(13)14)9(7)11-6-12/h2-4H,1H3,(H,24,25);3-5H,2H2,1H3,(H,13,14). The van der Waals surface area contributed by atoms with E-state index in [2.05, 4.69) is 15.0 Å². The summed E-state index contributed by atoms with van der Waals surface area (Å²) in [6.07, 6.45) is 4.69. The average molecular weight is 589 g/mol. The first-order valence-corrected chi connectivity index (χ1v) is 11.8. The largest absolute Gasteiger partial charge is 0.478 e. The third-order valence-corrected chi connectivity index (χ3v) is 6.54. The van der Waals surface area contributed by atoms with E-state index in [0.29, 0.717) is 23.1 Å². The van der Waals surface area contributed by atoms with Gasteiger partial charge in [0.05, 0.1) is 37.6 Å². The van der Waals surface area contributed by atoms with Crippen molar-refractivity contribution in [2.75, 3.05) is 0 Å². The van der Waals surface area contributed by atoms with Crippen LogP contribution in [0.3, 0.4) is 0 Å². The SMILES string of the molecule is CCc1cccc(C(=O)O)c1N=C=O.Cc1c(-c2cc(Cl)c(Cl)c(Cl)c2N=C=O)ccc(C(=O)O)c1N=C=O. The predicted molar refractivity (Wildman–Crippen MR) is 145 cm³/mol. The quantitative estimate of drug-likeness (QED) is 0.168. The minimum Gasteiger partial charge on any atom is -0.478 e. The van der Waals surface area contributed by atoms with Gasteiger partial charge in [-0.1, -0.05) is 59.9 Å². The highest BCUT2D eigenvalue weighted by molar-refractivity contribution is 6.49. The van der Waals surface area contributed by atoms with Crippen molar-refractivity contribution in [1.82, 2.24) is 0 Å². The summed E-state index contributed by atoms with van der Waals surface area (Å²) in [5, 5.41) is 18.1. The van der Waals surface area contributed by atoms with E-state index in [1.54, 1.807) is 19.1 Å². The number of carboxylic acid groups (broad SMARTS) is 2. The molecule has 0 heterocycles. The molecule has 3 rings (SSSR count). The zero-order valence-corrected chi connectivity index (χ0v) is 22.4. The Morgan fingerprint density at radius 3 is 1.85 bits per heavy atom. The Kier molecular flexibility index (Phi) is 11.0. The number of benzene rings is 3. The minimum atomic E-state index is -1.26. The van der Waals surface area contributed by atoms with E-state index in [0.717, 1.165) is 5.56 Å². The number of carbonyl (C=O) groups excluding carboxylic acids is 3. The molecular weight excluding hydrogens is 573 g/mol. The number of hydrogen-bond acceptors (Lipinski definition) is 8. The molecule has 10 nitrogen and oxygen atoms in total. The van der Waals surface area contributed by atoms with Crippen molar-refractivity contribution in [3.8, 4) is 11.1 Å². The molecule has 2 N–H and O–H groups in total. The molecule has 0 radical (unpaired) electrons. The third kappa shape index (κ3) is 6.93. The van der Waals surface area contributed by atoms with Gasteiger partial charge in [0, 0.05) is 5.56 Å². The van der Waals surface area contributed by atoms with Crippen LogP contribution in [0.4, 0.5) is 17.1 Å². The fourth-order valence-electron chi connectivity index (χ4n) is 3.53. The molecule has 0 aliphatic carbocycles. The second-order valence-corrected chi connectivity index (χ2v) is 8.57. The van der Waals surface area contributed by atoms with Crippen LogP contribution < -0.4 is 0 Å². The summed E-state index contributed by atoms with van der Waals surface area (Å²) in [4.78, 5) is 64.0. The molecule has 3 aromatic carbocycles. The van der Waals surface area contributed by atoms with E-state index in [1.807, 2.05) is 6.92 Å². The van der Waals surface area contributed by atoms with Gasteiger partial charge in [0.2, 0.25) is 18.2 Å². The van der Waals surface area contributed by atoms with Crippen LogP contribution in [-0.4, -0.2) is 40.4 Å². The van der Waals surface area contributed by atoms with Crippen LogP contribution in [0.1, 0.15) is 38.8 Å². The summed E-state index contributed by atoms with van der Waals surface area (Å²) in [5.74, 6) is -2.35. The molecule has 0 bridgehead atoms. The van der Waals surface area contributed by atoms with Gasteiger partial charge in [0.25, 0.3) is 0 Å². The molecule has 198 valence electrons. The van der Waals surface area contributed by atoms with Crippen LogP contribution in [0.15, 0.2) is 51.4 Å². The Morgan fingerprint density at radius 2 is 1.31 bits per heavy atom. The monoisotopic (exact) mass is 587 g/mol. The van der Waals surface area contributed by atoms with Crippen molar-refractivity contribution in [2.45, 2.75) is 20.3 Å². The summed E-state index contributed by atoms with van der Waals surface area (Å²) in [6, 6.07) is 8.92. The lowest BCUT2D eigenvalue weighted by Gasteiger charge is -2.14. The van der Waals surface area contributed by atoms with Gasteiger partial charge in [-0.05, 0) is 48.2 Å². The number of rotatable bonds is 7. The number of aliphatic imine (C=N–C) groups is 3. The third-order valence-electron chi connectivity index (χ3n) is 5.29. The molecule has 0 aromatic heterocycles. The topological polar surface area (TPSA) is 163 Å². The molecule has 0 atom stereocenters. The van der Waals surface area contributed by atoms with Crippen molar-refractivity contribution in [3.05, 3.63) is 73.7 Å². The summed E-state index contributed by atoms with van der Waals surface area (Å²) in [6.45, 7) is 3.41. The Morgan fingerprint density at radius 1 is 0.769 bits per heavy atom. The lowest BCUT2D eigenvalue weighted by molar-refractivity contribution is 0.0687. The van der Waals surface area contributed by atoms with E-state index in [-0.39, 0.29) is 43.3 Å². The van der Waals surface area contributed by atoms with Crippen LogP contribution in [0.5, 0.6) is 0 Å². The number of nitrogens with zero attached hydrogens (tertiary/aromatic N) is 3. The highest BCUT2D eigenvalue weighted by Gasteiger charge is 2.21. The zero-order valence-electron chi connectivity index (χ0n) is 20.1. The highest BCUT2D eigenvalue weighted by atomic mass is 35.5. The highest BCUT2D eigenvalue weighted by Crippen LogP contribution is 2.46. The zero-order chi connectivity index (χ0) is 29.3. The molecule has 0 unspecified atom stereocenters. The van der Waals surface area contributed by atoms with Gasteiger partial charge >= 0.3 is 11.9 Å². The summed E-state index contributed by atoms with van der Waals surface area (Å²) < 4.78 is 0. The maximum Gasteiger partial charge on any atom is 0.337 e. The van der Waals surface area contributed by atoms with Crippen LogP contribution in [0.25, 0.3) is 11.1 Å². The van der Waals surface area contributed by atoms with Crippen molar-refractivity contribution in [3.63, 3.8) is 0 Å². The van der Waals surface area contributed by atoms with Gasteiger partial charge in [0.1, 0.15) is 5.69 Å². The number of aromatic carboxylic acids is 2. The summed E-state index contributed by atoms with van der Waals surface area (Å²) in [7, 11) is 0. The second-order valence-electron chi connectivity index (χ2n) is 7.40. The van der Waals surface area contributed by atoms with Crippen LogP contribution in [0, 0.1) is 6.92 Å². The van der Waals surface area contributed by atoms with E-state index >= 15 is 0 Å². The number of hydrogen-bond donors (Lipinski definition) is 2. The molecule has 3 aromatic rings. The second kappa shape index (κ2) is 14.0. The Hall–Kier alpha value is -4.39. The summed E-state index contributed by atoms with van der Waals surface area (Å²) in [5.41, 5.74) is 1.77. The number of carboxylic acids is 2. The van der Waals surface area contributed by atoms with Crippen molar-refractivity contribution < 1.29 is 34.2 Å². The van der Waals surface area contributed by atoms with Crippen LogP contribution >= 0.6 is 34.8 Å². The molecule has 0 saturated carbocycles. The average Bonchev–Trinajstić information content (AvgIpc) is 2.90. The van der Waals surface area contributed by atoms with Gasteiger partial charge in [-0.15, -0.1) is 0 Å². The first-order valence-electron chi connectivity index (χ1n) is 10.7.